The number of nitrogens with one attached hydrogen (secondary N) is 2. The van der Waals surface area contributed by atoms with Crippen molar-refractivity contribution in [1.82, 2.24) is 24.7 Å². The molecular weight excluding hydrogens is 330 g/mol. The maximum Gasteiger partial charge on any atom is 0.261 e. The number of aromatic amines is 1. The van der Waals surface area contributed by atoms with Gasteiger partial charge in [0.1, 0.15) is 5.39 Å². The van der Waals surface area contributed by atoms with E-state index < -0.39 is 0 Å². The number of hydrogen-bond donors (Lipinski definition) is 2. The number of benzene rings is 1. The van der Waals surface area contributed by atoms with Gasteiger partial charge in [-0.05, 0) is 31.2 Å². The number of nitriles is 1. The Labute approximate surface area is 148 Å². The summed E-state index contributed by atoms with van der Waals surface area (Å²) in [6, 6.07) is 9.34. The number of anilines is 2. The summed E-state index contributed by atoms with van der Waals surface area (Å²) in [6.45, 7) is 1.90. The number of aromatic nitrogens is 5. The summed E-state index contributed by atoms with van der Waals surface area (Å²) in [4.78, 5) is 23.6. The van der Waals surface area contributed by atoms with Crippen molar-refractivity contribution in [2.75, 3.05) is 5.32 Å². The van der Waals surface area contributed by atoms with Crippen LogP contribution in [0.5, 0.6) is 0 Å². The van der Waals surface area contributed by atoms with Gasteiger partial charge in [-0.1, -0.05) is 0 Å². The van der Waals surface area contributed by atoms with E-state index in [9.17, 15) is 4.79 Å². The molecule has 0 saturated carbocycles. The Balaban J connectivity index is 1.82. The van der Waals surface area contributed by atoms with E-state index in [2.05, 4.69) is 31.4 Å². The number of rotatable bonds is 4. The van der Waals surface area contributed by atoms with Crippen molar-refractivity contribution in [1.29, 1.82) is 5.26 Å². The normalized spacial score (nSPS) is 12.2. The van der Waals surface area contributed by atoms with Crippen molar-refractivity contribution in [3.05, 3.63) is 53.2 Å². The zero-order chi connectivity index (χ0) is 18.1. The highest BCUT2D eigenvalue weighted by Gasteiger charge is 2.17. The molecule has 128 valence electrons. The predicted molar refractivity (Wildman–Crippen MR) is 98.1 cm³/mol. The molecule has 3 heterocycles. The first-order valence-corrected chi connectivity index (χ1v) is 8.12. The molecule has 2 N–H and O–H groups in total. The predicted octanol–water partition coefficient (Wildman–Crippen LogP) is 2.89. The summed E-state index contributed by atoms with van der Waals surface area (Å²) in [6.07, 6.45) is 5.15. The lowest BCUT2D eigenvalue weighted by molar-refractivity contribution is 0.518. The number of H-pyrrole nitrogens is 1. The zero-order valence-electron chi connectivity index (χ0n) is 14.0. The van der Waals surface area contributed by atoms with Crippen LogP contribution in [0.4, 0.5) is 11.5 Å². The van der Waals surface area contributed by atoms with Gasteiger partial charge in [0.2, 0.25) is 0 Å². The van der Waals surface area contributed by atoms with Crippen LogP contribution in [0.2, 0.25) is 0 Å². The Morgan fingerprint density at radius 3 is 2.88 bits per heavy atom. The molecule has 4 rings (SSSR count). The molecule has 4 aromatic rings. The van der Waals surface area contributed by atoms with Gasteiger partial charge < -0.3 is 10.3 Å². The fourth-order valence-corrected chi connectivity index (χ4v) is 2.92. The maximum atomic E-state index is 12.4. The van der Waals surface area contributed by atoms with E-state index in [-0.39, 0.29) is 11.6 Å². The summed E-state index contributed by atoms with van der Waals surface area (Å²) < 4.78 is 1.71. The molecule has 1 aromatic carbocycles. The highest BCUT2D eigenvalue weighted by molar-refractivity contribution is 5.92. The fraction of sp³-hybridized carbons (Fsp3) is 0.167. The molecule has 3 aromatic heterocycles. The second kappa shape index (κ2) is 6.29. The number of hydrogen-bond acceptors (Lipinski definition) is 6. The molecule has 0 unspecified atom stereocenters. The minimum Gasteiger partial charge on any atom is -0.338 e. The third-order valence-corrected chi connectivity index (χ3v) is 4.17. The molecule has 0 aliphatic heterocycles. The highest BCUT2D eigenvalue weighted by atomic mass is 16.1. The molecular formula is C18H15N7O. The second-order valence-corrected chi connectivity index (χ2v) is 5.96. The average molecular weight is 345 g/mol. The molecule has 8 heteroatoms. The van der Waals surface area contributed by atoms with E-state index >= 15 is 0 Å². The first-order valence-electron chi connectivity index (χ1n) is 8.12. The summed E-state index contributed by atoms with van der Waals surface area (Å²) in [5, 5.41) is 17.2. The van der Waals surface area contributed by atoms with Crippen LogP contribution in [0, 0.1) is 11.3 Å². The molecule has 26 heavy (non-hydrogen) atoms. The quantitative estimate of drug-likeness (QED) is 0.588. The second-order valence-electron chi connectivity index (χ2n) is 5.96. The van der Waals surface area contributed by atoms with E-state index in [4.69, 9.17) is 5.26 Å². The first-order chi connectivity index (χ1) is 12.7. The maximum absolute atomic E-state index is 12.4. The smallest absolute Gasteiger partial charge is 0.261 e. The molecule has 8 nitrogen and oxygen atoms in total. The van der Waals surface area contributed by atoms with Gasteiger partial charge in [-0.2, -0.15) is 10.4 Å². The molecule has 0 aliphatic carbocycles. The van der Waals surface area contributed by atoms with Crippen LogP contribution in [-0.2, 0) is 0 Å². The van der Waals surface area contributed by atoms with Crippen molar-refractivity contribution < 1.29 is 0 Å². The lowest BCUT2D eigenvalue weighted by Gasteiger charge is -2.09. The Hall–Kier alpha value is -3.73. The number of pyridine rings is 1. The standard InChI is InChI=1S/C18H15N7O/c1-11(4-6-19)25-15-5-7-22-18(26)16(15)17(24-25)23-12-2-3-13-14(10-12)21-9-8-20-13/h2-3,5,7-11H,4H2,1H3,(H,22,26)(H,23,24)/t11-/m1/s1. The van der Waals surface area contributed by atoms with Crippen molar-refractivity contribution in [3.8, 4) is 6.07 Å². The van der Waals surface area contributed by atoms with Gasteiger partial charge in [0.25, 0.3) is 5.56 Å². The van der Waals surface area contributed by atoms with Crippen molar-refractivity contribution >= 4 is 33.4 Å². The van der Waals surface area contributed by atoms with Gasteiger partial charge >= 0.3 is 0 Å². The first kappa shape index (κ1) is 15.8. The molecule has 0 fully saturated rings. The van der Waals surface area contributed by atoms with Gasteiger partial charge in [0.05, 0.1) is 35.1 Å². The molecule has 0 saturated heterocycles. The topological polar surface area (TPSA) is 112 Å². The summed E-state index contributed by atoms with van der Waals surface area (Å²) in [7, 11) is 0. The van der Waals surface area contributed by atoms with E-state index in [1.54, 1.807) is 29.3 Å². The van der Waals surface area contributed by atoms with Gasteiger partial charge in [-0.3, -0.25) is 19.4 Å². The monoisotopic (exact) mass is 345 g/mol. The van der Waals surface area contributed by atoms with Crippen molar-refractivity contribution in [2.24, 2.45) is 0 Å². The molecule has 0 spiro atoms. The van der Waals surface area contributed by atoms with E-state index in [0.29, 0.717) is 23.1 Å². The van der Waals surface area contributed by atoms with Crippen molar-refractivity contribution in [3.63, 3.8) is 0 Å². The van der Waals surface area contributed by atoms with Gasteiger partial charge in [0, 0.05) is 24.3 Å². The van der Waals surface area contributed by atoms with Crippen LogP contribution in [0.15, 0.2) is 47.7 Å². The van der Waals surface area contributed by atoms with Crippen LogP contribution in [0.25, 0.3) is 21.9 Å². The zero-order valence-corrected chi connectivity index (χ0v) is 14.0. The van der Waals surface area contributed by atoms with Crippen LogP contribution in [0.3, 0.4) is 0 Å². The Morgan fingerprint density at radius 2 is 2.08 bits per heavy atom. The van der Waals surface area contributed by atoms with Crippen molar-refractivity contribution in [2.45, 2.75) is 19.4 Å². The van der Waals surface area contributed by atoms with E-state index in [0.717, 1.165) is 16.7 Å². The Kier molecular flexibility index (Phi) is 3.82. The lowest BCUT2D eigenvalue weighted by atomic mass is 10.2. The Bertz CT molecular complexity index is 1200. The fourth-order valence-electron chi connectivity index (χ4n) is 2.92. The van der Waals surface area contributed by atoms with Crippen LogP contribution >= 0.6 is 0 Å². The minimum absolute atomic E-state index is 0.151. The van der Waals surface area contributed by atoms with Crippen LogP contribution < -0.4 is 10.9 Å². The molecule has 0 aliphatic rings. The largest absolute Gasteiger partial charge is 0.338 e. The molecule has 1 atom stereocenters. The average Bonchev–Trinajstić information content (AvgIpc) is 3.02. The SMILES string of the molecule is C[C@H](CC#N)n1nc(Nc2ccc3nccnc3c2)c2c(=O)[nH]ccc21. The number of nitrogens with zero attached hydrogens (tertiary/aromatic N) is 5. The number of fused-ring (bicyclic) bond motifs is 2. The van der Waals surface area contributed by atoms with Crippen LogP contribution in [0.1, 0.15) is 19.4 Å². The molecule has 0 amide bonds. The van der Waals surface area contributed by atoms with Gasteiger partial charge in [-0.25, -0.2) is 0 Å². The third kappa shape index (κ3) is 2.65. The Morgan fingerprint density at radius 1 is 1.27 bits per heavy atom. The van der Waals surface area contributed by atoms with Gasteiger partial charge in [-0.15, -0.1) is 0 Å². The minimum atomic E-state index is -0.235. The third-order valence-electron chi connectivity index (χ3n) is 4.17. The highest BCUT2D eigenvalue weighted by Crippen LogP contribution is 2.27. The van der Waals surface area contributed by atoms with E-state index in [1.165, 1.54) is 0 Å². The summed E-state index contributed by atoms with van der Waals surface area (Å²) >= 11 is 0. The lowest BCUT2D eigenvalue weighted by Crippen LogP contribution is -2.08. The van der Waals surface area contributed by atoms with E-state index in [1.807, 2.05) is 25.1 Å². The molecule has 0 bridgehead atoms. The van der Waals surface area contributed by atoms with Crippen LogP contribution in [-0.4, -0.2) is 24.7 Å². The summed E-state index contributed by atoms with van der Waals surface area (Å²) in [5.41, 5.74) is 2.73. The summed E-state index contributed by atoms with van der Waals surface area (Å²) in [5.74, 6) is 0.440. The molecule has 0 radical (unpaired) electrons. The van der Waals surface area contributed by atoms with Gasteiger partial charge in [0.15, 0.2) is 5.82 Å².